The van der Waals surface area contributed by atoms with Crippen molar-refractivity contribution >= 4 is 17.4 Å². The maximum Gasteiger partial charge on any atom is 0.416 e. The Kier molecular flexibility index (Phi) is 4.11. The molecule has 1 amide bonds. The lowest BCUT2D eigenvalue weighted by molar-refractivity contribution is -0.137. The van der Waals surface area contributed by atoms with Gasteiger partial charge in [-0.25, -0.2) is 0 Å². The van der Waals surface area contributed by atoms with Crippen LogP contribution in [-0.2, 0) is 15.8 Å². The number of Topliss-reactive ketones (excluding diaryl/α,β-unsaturated/α-hetero) is 1. The third kappa shape index (κ3) is 3.58. The molecule has 6 heteroatoms. The second-order valence-corrected chi connectivity index (χ2v) is 3.88. The Balaban J connectivity index is 2.85. The van der Waals surface area contributed by atoms with Gasteiger partial charge < -0.3 is 4.90 Å². The van der Waals surface area contributed by atoms with Crippen LogP contribution in [0.25, 0.3) is 0 Å². The van der Waals surface area contributed by atoms with Gasteiger partial charge in [-0.05, 0) is 31.2 Å². The van der Waals surface area contributed by atoms with Gasteiger partial charge in [-0.15, -0.1) is 0 Å². The van der Waals surface area contributed by atoms with E-state index in [2.05, 4.69) is 0 Å². The smallest absolute Gasteiger partial charge is 0.315 e. The number of ketones is 1. The summed E-state index contributed by atoms with van der Waals surface area (Å²) >= 11 is 0. The van der Waals surface area contributed by atoms with E-state index in [4.69, 9.17) is 0 Å². The maximum atomic E-state index is 12.3. The van der Waals surface area contributed by atoms with Crippen molar-refractivity contribution in [3.05, 3.63) is 29.8 Å². The van der Waals surface area contributed by atoms with Gasteiger partial charge in [-0.3, -0.25) is 9.59 Å². The van der Waals surface area contributed by atoms with Gasteiger partial charge in [0.25, 0.3) is 0 Å². The molecule has 1 aromatic rings. The van der Waals surface area contributed by atoms with Gasteiger partial charge in [0.2, 0.25) is 5.91 Å². The monoisotopic (exact) mass is 259 g/mol. The lowest BCUT2D eigenvalue weighted by Gasteiger charge is -2.17. The quantitative estimate of drug-likeness (QED) is 0.782. The molecular weight excluding hydrogens is 247 g/mol. The highest BCUT2D eigenvalue weighted by Gasteiger charge is 2.30. The first-order valence-corrected chi connectivity index (χ1v) is 5.15. The first kappa shape index (κ1) is 14.2. The fraction of sp³-hybridized carbons (Fsp3) is 0.333. The molecule has 3 nitrogen and oxygen atoms in total. The van der Waals surface area contributed by atoms with Gasteiger partial charge in [0, 0.05) is 12.7 Å². The molecule has 0 saturated heterocycles. The Morgan fingerprint density at radius 1 is 1.17 bits per heavy atom. The van der Waals surface area contributed by atoms with Crippen LogP contribution in [0.1, 0.15) is 18.9 Å². The normalized spacial score (nSPS) is 11.2. The molecule has 0 unspecified atom stereocenters. The number of benzene rings is 1. The average Bonchev–Trinajstić information content (AvgIpc) is 2.26. The van der Waals surface area contributed by atoms with Crippen molar-refractivity contribution in [3.63, 3.8) is 0 Å². The minimum atomic E-state index is -4.40. The number of anilines is 1. The van der Waals surface area contributed by atoms with Gasteiger partial charge in [0.05, 0.1) is 12.0 Å². The lowest BCUT2D eigenvalue weighted by Crippen LogP contribution is -2.27. The molecule has 0 bridgehead atoms. The zero-order valence-corrected chi connectivity index (χ0v) is 9.91. The Morgan fingerprint density at radius 3 is 2.06 bits per heavy atom. The Labute approximate surface area is 102 Å². The van der Waals surface area contributed by atoms with Gasteiger partial charge in [-0.2, -0.15) is 13.2 Å². The van der Waals surface area contributed by atoms with Crippen LogP contribution in [0.15, 0.2) is 24.3 Å². The molecule has 0 aromatic heterocycles. The summed E-state index contributed by atoms with van der Waals surface area (Å²) in [6.07, 6.45) is -4.67. The third-order valence-electron chi connectivity index (χ3n) is 2.36. The fourth-order valence-corrected chi connectivity index (χ4v) is 1.35. The van der Waals surface area contributed by atoms with Crippen LogP contribution in [0.2, 0.25) is 0 Å². The number of carbonyl (C=O) groups is 2. The van der Waals surface area contributed by atoms with Crippen LogP contribution >= 0.6 is 0 Å². The first-order valence-electron chi connectivity index (χ1n) is 5.15. The van der Waals surface area contributed by atoms with E-state index in [1.807, 2.05) is 0 Å². The number of hydrogen-bond acceptors (Lipinski definition) is 2. The standard InChI is InChI=1S/C12H12F3NO2/c1-8(17)7-11(18)16(2)10-5-3-9(4-6-10)12(13,14)15/h3-6H,7H2,1-2H3. The highest BCUT2D eigenvalue weighted by atomic mass is 19.4. The van der Waals surface area contributed by atoms with E-state index in [-0.39, 0.29) is 12.2 Å². The summed E-state index contributed by atoms with van der Waals surface area (Å²) in [5.41, 5.74) is -0.465. The van der Waals surface area contributed by atoms with Crippen molar-refractivity contribution in [2.45, 2.75) is 19.5 Å². The number of amides is 1. The molecule has 18 heavy (non-hydrogen) atoms. The van der Waals surface area contributed by atoms with E-state index in [0.717, 1.165) is 17.0 Å². The van der Waals surface area contributed by atoms with E-state index in [1.54, 1.807) is 0 Å². The van der Waals surface area contributed by atoms with Crippen LogP contribution in [0, 0.1) is 0 Å². The summed E-state index contributed by atoms with van der Waals surface area (Å²) in [4.78, 5) is 23.5. The predicted octanol–water partition coefficient (Wildman–Crippen LogP) is 2.65. The Morgan fingerprint density at radius 2 is 1.67 bits per heavy atom. The summed E-state index contributed by atoms with van der Waals surface area (Å²) in [6.45, 7) is 1.28. The average molecular weight is 259 g/mol. The van der Waals surface area contributed by atoms with Crippen molar-refractivity contribution in [1.29, 1.82) is 0 Å². The Bertz CT molecular complexity index is 451. The maximum absolute atomic E-state index is 12.3. The number of rotatable bonds is 3. The summed E-state index contributed by atoms with van der Waals surface area (Å²) < 4.78 is 37.0. The van der Waals surface area contributed by atoms with Gasteiger partial charge in [0.1, 0.15) is 5.78 Å². The second-order valence-electron chi connectivity index (χ2n) is 3.88. The molecule has 0 aliphatic rings. The van der Waals surface area contributed by atoms with Crippen LogP contribution in [0.5, 0.6) is 0 Å². The molecule has 0 spiro atoms. The van der Waals surface area contributed by atoms with E-state index in [1.165, 1.54) is 26.1 Å². The van der Waals surface area contributed by atoms with Crippen LogP contribution in [-0.4, -0.2) is 18.7 Å². The summed E-state index contributed by atoms with van der Waals surface area (Å²) in [5.74, 6) is -0.749. The zero-order chi connectivity index (χ0) is 13.9. The topological polar surface area (TPSA) is 37.4 Å². The second kappa shape index (κ2) is 5.20. The van der Waals surface area contributed by atoms with Crippen molar-refractivity contribution in [1.82, 2.24) is 0 Å². The molecule has 0 heterocycles. The number of nitrogens with zero attached hydrogens (tertiary/aromatic N) is 1. The van der Waals surface area contributed by atoms with E-state index < -0.39 is 17.6 Å². The van der Waals surface area contributed by atoms with Crippen LogP contribution in [0.4, 0.5) is 18.9 Å². The van der Waals surface area contributed by atoms with Gasteiger partial charge in [0.15, 0.2) is 0 Å². The molecule has 0 fully saturated rings. The fourth-order valence-electron chi connectivity index (χ4n) is 1.35. The summed E-state index contributed by atoms with van der Waals surface area (Å²) in [7, 11) is 1.41. The summed E-state index contributed by atoms with van der Waals surface area (Å²) in [5, 5.41) is 0. The Hall–Kier alpha value is -1.85. The molecule has 0 saturated carbocycles. The predicted molar refractivity (Wildman–Crippen MR) is 60.2 cm³/mol. The van der Waals surface area contributed by atoms with Crippen molar-refractivity contribution in [3.8, 4) is 0 Å². The lowest BCUT2D eigenvalue weighted by atomic mass is 10.2. The van der Waals surface area contributed by atoms with E-state index >= 15 is 0 Å². The zero-order valence-electron chi connectivity index (χ0n) is 9.91. The molecule has 0 radical (unpaired) electrons. The molecule has 0 N–H and O–H groups in total. The first-order chi connectivity index (χ1) is 8.21. The highest BCUT2D eigenvalue weighted by molar-refractivity contribution is 6.04. The van der Waals surface area contributed by atoms with Crippen molar-refractivity contribution < 1.29 is 22.8 Å². The SMILES string of the molecule is CC(=O)CC(=O)N(C)c1ccc(C(F)(F)F)cc1. The van der Waals surface area contributed by atoms with Crippen LogP contribution in [0.3, 0.4) is 0 Å². The minimum absolute atomic E-state index is 0.266. The highest BCUT2D eigenvalue weighted by Crippen LogP contribution is 2.30. The van der Waals surface area contributed by atoms with E-state index in [9.17, 15) is 22.8 Å². The third-order valence-corrected chi connectivity index (χ3v) is 2.36. The van der Waals surface area contributed by atoms with Gasteiger partial charge >= 0.3 is 6.18 Å². The molecular formula is C12H12F3NO2. The largest absolute Gasteiger partial charge is 0.416 e. The minimum Gasteiger partial charge on any atom is -0.315 e. The molecule has 1 rings (SSSR count). The molecule has 0 atom stereocenters. The number of carbonyl (C=O) groups excluding carboxylic acids is 2. The number of halogens is 3. The van der Waals surface area contributed by atoms with Crippen molar-refractivity contribution in [2.75, 3.05) is 11.9 Å². The molecule has 98 valence electrons. The molecule has 0 aliphatic heterocycles. The number of alkyl halides is 3. The van der Waals surface area contributed by atoms with Crippen molar-refractivity contribution in [2.24, 2.45) is 0 Å². The van der Waals surface area contributed by atoms with E-state index in [0.29, 0.717) is 5.69 Å². The van der Waals surface area contributed by atoms with Crippen LogP contribution < -0.4 is 4.90 Å². The van der Waals surface area contributed by atoms with Gasteiger partial charge in [-0.1, -0.05) is 0 Å². The summed E-state index contributed by atoms with van der Waals surface area (Å²) in [6, 6.07) is 4.18. The molecule has 0 aliphatic carbocycles. The molecule has 1 aromatic carbocycles. The number of hydrogen-bond donors (Lipinski definition) is 0.